The maximum Gasteiger partial charge on any atom is 0.330 e. The third kappa shape index (κ3) is 4.39. The summed E-state index contributed by atoms with van der Waals surface area (Å²) in [6, 6.07) is 7.34. The molecular weight excluding hydrogens is 390 g/mol. The van der Waals surface area contributed by atoms with E-state index >= 15 is 0 Å². The van der Waals surface area contributed by atoms with Crippen LogP contribution in [0.25, 0.3) is 0 Å². The van der Waals surface area contributed by atoms with Crippen LogP contribution in [-0.2, 0) is 20.4 Å². The summed E-state index contributed by atoms with van der Waals surface area (Å²) in [7, 11) is 0. The van der Waals surface area contributed by atoms with Gasteiger partial charge in [0.25, 0.3) is 0 Å². The van der Waals surface area contributed by atoms with Crippen molar-refractivity contribution in [1.82, 2.24) is 0 Å². The van der Waals surface area contributed by atoms with Crippen LogP contribution in [0, 0.1) is 5.92 Å². The Labute approximate surface area is 187 Å². The molecule has 1 fully saturated rings. The first kappa shape index (κ1) is 22.7. The molecule has 3 nitrogen and oxygen atoms in total. The molecule has 1 saturated carbocycles. The summed E-state index contributed by atoms with van der Waals surface area (Å²) in [5, 5.41) is 0. The van der Waals surface area contributed by atoms with Gasteiger partial charge in [-0.15, -0.1) is 0 Å². The van der Waals surface area contributed by atoms with Crippen molar-refractivity contribution in [2.24, 2.45) is 5.92 Å². The fourth-order valence-corrected chi connectivity index (χ4v) is 5.27. The Hall–Kier alpha value is -1.94. The summed E-state index contributed by atoms with van der Waals surface area (Å²) in [4.78, 5) is 15.0. The fourth-order valence-electron chi connectivity index (χ4n) is 4.60. The molecule has 0 spiro atoms. The number of ether oxygens (including phenoxy) is 1. The zero-order chi connectivity index (χ0) is 22.3. The van der Waals surface area contributed by atoms with Crippen molar-refractivity contribution < 1.29 is 9.53 Å². The van der Waals surface area contributed by atoms with Crippen molar-refractivity contribution in [1.29, 1.82) is 0 Å². The number of hydrogen-bond acceptors (Lipinski definition) is 3. The average molecular weight is 426 g/mol. The number of carbonyl (C=O) groups is 1. The molecule has 0 saturated heterocycles. The van der Waals surface area contributed by atoms with Crippen LogP contribution in [0.15, 0.2) is 42.0 Å². The lowest BCUT2D eigenvalue weighted by atomic mass is 9.75. The zero-order valence-corrected chi connectivity index (χ0v) is 20.2. The second kappa shape index (κ2) is 8.30. The monoisotopic (exact) mass is 425 g/mol. The van der Waals surface area contributed by atoms with Crippen molar-refractivity contribution in [3.63, 3.8) is 0 Å². The average Bonchev–Trinajstić information content (AvgIpc) is 3.30. The first-order valence-corrected chi connectivity index (χ1v) is 11.4. The van der Waals surface area contributed by atoms with E-state index < -0.39 is 0 Å². The van der Waals surface area contributed by atoms with Crippen LogP contribution in [-0.4, -0.2) is 23.6 Å². The van der Waals surface area contributed by atoms with Crippen LogP contribution >= 0.6 is 12.2 Å². The first-order valence-electron chi connectivity index (χ1n) is 11.0. The van der Waals surface area contributed by atoms with Gasteiger partial charge in [0.05, 0.1) is 11.6 Å². The second-order valence-corrected chi connectivity index (χ2v) is 10.3. The summed E-state index contributed by atoms with van der Waals surface area (Å²) >= 11 is 5.75. The maximum absolute atomic E-state index is 11.6. The Bertz CT molecular complexity index is 912. The molecule has 0 unspecified atom stereocenters. The Balaban J connectivity index is 1.84. The molecule has 0 amide bonds. The third-order valence-electron chi connectivity index (χ3n) is 6.55. The summed E-state index contributed by atoms with van der Waals surface area (Å²) in [5.41, 5.74) is 5.18. The van der Waals surface area contributed by atoms with Crippen molar-refractivity contribution in [3.8, 4) is 0 Å². The molecule has 2 aliphatic rings. The van der Waals surface area contributed by atoms with Crippen LogP contribution in [0.4, 0.5) is 5.69 Å². The normalized spacial score (nSPS) is 25.6. The van der Waals surface area contributed by atoms with Crippen molar-refractivity contribution in [2.75, 3.05) is 11.5 Å². The summed E-state index contributed by atoms with van der Waals surface area (Å²) < 4.78 is 4.99. The van der Waals surface area contributed by atoms with Crippen molar-refractivity contribution in [3.05, 3.63) is 53.1 Å². The SMILES string of the molecule is CCOC(=O)C=C(C)C=C[C@@H]1C[C@]1(C)c1ccc2c(c1)C(C)(C)CC(=S)N2C(C)C. The van der Waals surface area contributed by atoms with Gasteiger partial charge in [-0.25, -0.2) is 4.79 Å². The second-order valence-electron chi connectivity index (χ2n) is 9.88. The van der Waals surface area contributed by atoms with Gasteiger partial charge in [-0.3, -0.25) is 0 Å². The molecule has 0 radical (unpaired) electrons. The summed E-state index contributed by atoms with van der Waals surface area (Å²) in [6.07, 6.45) is 7.89. The Kier molecular flexibility index (Phi) is 6.29. The Morgan fingerprint density at radius 2 is 2.03 bits per heavy atom. The van der Waals surface area contributed by atoms with Crippen LogP contribution in [0.1, 0.15) is 72.4 Å². The number of allylic oxidation sites excluding steroid dienone is 3. The van der Waals surface area contributed by atoms with E-state index in [1.165, 1.54) is 16.8 Å². The third-order valence-corrected chi connectivity index (χ3v) is 6.89. The topological polar surface area (TPSA) is 29.5 Å². The van der Waals surface area contributed by atoms with E-state index in [2.05, 4.69) is 63.8 Å². The minimum Gasteiger partial charge on any atom is -0.463 e. The molecule has 30 heavy (non-hydrogen) atoms. The zero-order valence-electron chi connectivity index (χ0n) is 19.4. The van der Waals surface area contributed by atoms with Gasteiger partial charge in [-0.1, -0.05) is 57.3 Å². The van der Waals surface area contributed by atoms with Gasteiger partial charge in [-0.05, 0) is 73.6 Å². The molecule has 0 aromatic heterocycles. The van der Waals surface area contributed by atoms with E-state index in [4.69, 9.17) is 17.0 Å². The minimum atomic E-state index is -0.275. The van der Waals surface area contributed by atoms with Crippen molar-refractivity contribution >= 4 is 28.9 Å². The van der Waals surface area contributed by atoms with Crippen LogP contribution < -0.4 is 4.90 Å². The molecule has 162 valence electrons. The molecule has 1 aromatic rings. The predicted molar refractivity (Wildman–Crippen MR) is 129 cm³/mol. The van der Waals surface area contributed by atoms with Crippen LogP contribution in [0.5, 0.6) is 0 Å². The van der Waals surface area contributed by atoms with Gasteiger partial charge < -0.3 is 9.64 Å². The van der Waals surface area contributed by atoms with Gasteiger partial charge in [0.2, 0.25) is 0 Å². The quantitative estimate of drug-likeness (QED) is 0.233. The minimum absolute atomic E-state index is 0.0450. The molecule has 1 aromatic carbocycles. The molecule has 2 atom stereocenters. The van der Waals surface area contributed by atoms with Gasteiger partial charge in [-0.2, -0.15) is 0 Å². The molecule has 1 heterocycles. The standard InChI is InChI=1S/C26H35NO2S/c1-8-29-24(28)13-18(4)9-10-20-15-26(20,7)19-11-12-22-21(14-19)25(5,6)16-23(30)27(22)17(2)3/h9-14,17,20H,8,15-16H2,1-7H3/t20-,26-/m1/s1. The number of esters is 1. The van der Waals surface area contributed by atoms with E-state index in [1.807, 2.05) is 19.9 Å². The van der Waals surface area contributed by atoms with E-state index in [0.717, 1.165) is 23.4 Å². The largest absolute Gasteiger partial charge is 0.463 e. The predicted octanol–water partition coefficient (Wildman–Crippen LogP) is 6.25. The molecule has 1 aliphatic carbocycles. The number of carbonyl (C=O) groups excluding carboxylic acids is 1. The highest BCUT2D eigenvalue weighted by atomic mass is 32.1. The maximum atomic E-state index is 11.6. The van der Waals surface area contributed by atoms with Crippen LogP contribution in [0.3, 0.4) is 0 Å². The lowest BCUT2D eigenvalue weighted by molar-refractivity contribution is -0.137. The van der Waals surface area contributed by atoms with Crippen LogP contribution in [0.2, 0.25) is 0 Å². The molecular formula is C26H35NO2S. The fraction of sp³-hybridized carbons (Fsp3) is 0.538. The number of fused-ring (bicyclic) bond motifs is 1. The molecule has 1 aliphatic heterocycles. The van der Waals surface area contributed by atoms with Gasteiger partial charge in [0.15, 0.2) is 0 Å². The lowest BCUT2D eigenvalue weighted by Gasteiger charge is -2.43. The lowest BCUT2D eigenvalue weighted by Crippen LogP contribution is -2.44. The number of thiocarbonyl (C=S) groups is 1. The van der Waals surface area contributed by atoms with Gasteiger partial charge >= 0.3 is 5.97 Å². The highest BCUT2D eigenvalue weighted by Crippen LogP contribution is 2.56. The number of benzene rings is 1. The number of rotatable bonds is 6. The Morgan fingerprint density at radius 3 is 2.67 bits per heavy atom. The number of anilines is 1. The highest BCUT2D eigenvalue weighted by molar-refractivity contribution is 7.80. The van der Waals surface area contributed by atoms with E-state index in [9.17, 15) is 4.79 Å². The Morgan fingerprint density at radius 1 is 1.33 bits per heavy atom. The highest BCUT2D eigenvalue weighted by Gasteiger charge is 2.50. The van der Waals surface area contributed by atoms with Crippen molar-refractivity contribution in [2.45, 2.75) is 78.2 Å². The molecule has 0 N–H and O–H groups in total. The smallest absolute Gasteiger partial charge is 0.330 e. The molecule has 3 rings (SSSR count). The van der Waals surface area contributed by atoms with E-state index in [1.54, 1.807) is 6.08 Å². The van der Waals surface area contributed by atoms with Gasteiger partial charge in [0.1, 0.15) is 0 Å². The van der Waals surface area contributed by atoms with E-state index in [-0.39, 0.29) is 16.8 Å². The first-order chi connectivity index (χ1) is 14.0. The number of hydrogen-bond donors (Lipinski definition) is 0. The van der Waals surface area contributed by atoms with E-state index in [0.29, 0.717) is 18.6 Å². The molecule has 0 bridgehead atoms. The molecule has 4 heteroatoms. The summed E-state index contributed by atoms with van der Waals surface area (Å²) in [6.45, 7) is 15.5. The number of nitrogens with zero attached hydrogens (tertiary/aromatic N) is 1. The summed E-state index contributed by atoms with van der Waals surface area (Å²) in [5.74, 6) is 0.206. The van der Waals surface area contributed by atoms with Gasteiger partial charge in [0, 0.05) is 24.2 Å².